The van der Waals surface area contributed by atoms with Crippen LogP contribution in [0.25, 0.3) is 0 Å². The molecule has 118 valence electrons. The van der Waals surface area contributed by atoms with Crippen LogP contribution < -0.4 is 11.1 Å². The molecule has 0 spiro atoms. The SMILES string of the molecule is Cc1ccc(NC(=O)c2nc(C3(N)CCCC3)no2)cc1.Cl. The van der Waals surface area contributed by atoms with Crippen LogP contribution in [0, 0.1) is 6.92 Å². The van der Waals surface area contributed by atoms with Crippen molar-refractivity contribution in [3.8, 4) is 0 Å². The molecule has 3 rings (SSSR count). The number of hydrogen-bond donors (Lipinski definition) is 2. The lowest BCUT2D eigenvalue weighted by Gasteiger charge is -2.17. The molecule has 0 bridgehead atoms. The number of nitrogens with two attached hydrogens (primary N) is 1. The average Bonchev–Trinajstić information content (AvgIpc) is 3.11. The van der Waals surface area contributed by atoms with Crippen molar-refractivity contribution in [1.29, 1.82) is 0 Å². The Morgan fingerprint density at radius 3 is 2.55 bits per heavy atom. The van der Waals surface area contributed by atoms with Crippen molar-refractivity contribution in [3.05, 3.63) is 41.5 Å². The topological polar surface area (TPSA) is 94.0 Å². The molecule has 1 aliphatic rings. The van der Waals surface area contributed by atoms with Crippen LogP contribution in [0.3, 0.4) is 0 Å². The van der Waals surface area contributed by atoms with Gasteiger partial charge in [0.1, 0.15) is 0 Å². The number of benzene rings is 1. The molecule has 1 aromatic carbocycles. The van der Waals surface area contributed by atoms with Crippen molar-refractivity contribution in [3.63, 3.8) is 0 Å². The second kappa shape index (κ2) is 6.46. The molecule has 6 nitrogen and oxygen atoms in total. The quantitative estimate of drug-likeness (QED) is 0.906. The first-order valence-electron chi connectivity index (χ1n) is 7.08. The van der Waals surface area contributed by atoms with E-state index in [1.165, 1.54) is 0 Å². The van der Waals surface area contributed by atoms with E-state index in [4.69, 9.17) is 10.3 Å². The summed E-state index contributed by atoms with van der Waals surface area (Å²) in [5.74, 6) is -0.0458. The molecule has 0 atom stereocenters. The summed E-state index contributed by atoms with van der Waals surface area (Å²) in [6.07, 6.45) is 3.75. The second-order valence-corrected chi connectivity index (χ2v) is 5.61. The summed E-state index contributed by atoms with van der Waals surface area (Å²) in [6.45, 7) is 1.98. The van der Waals surface area contributed by atoms with Crippen LogP contribution in [-0.2, 0) is 5.54 Å². The van der Waals surface area contributed by atoms with Gasteiger partial charge < -0.3 is 15.6 Å². The Hall–Kier alpha value is -1.92. The average molecular weight is 323 g/mol. The van der Waals surface area contributed by atoms with Gasteiger partial charge in [-0.15, -0.1) is 12.4 Å². The maximum absolute atomic E-state index is 12.1. The summed E-state index contributed by atoms with van der Waals surface area (Å²) >= 11 is 0. The molecule has 3 N–H and O–H groups in total. The maximum atomic E-state index is 12.1. The van der Waals surface area contributed by atoms with Gasteiger partial charge in [-0.1, -0.05) is 35.7 Å². The fourth-order valence-electron chi connectivity index (χ4n) is 2.57. The molecule has 1 aromatic heterocycles. The molecule has 7 heteroatoms. The first-order chi connectivity index (χ1) is 10.1. The predicted molar refractivity (Wildman–Crippen MR) is 85.0 cm³/mol. The van der Waals surface area contributed by atoms with Gasteiger partial charge in [0, 0.05) is 5.69 Å². The molecular formula is C15H19ClN4O2. The number of nitrogens with one attached hydrogen (secondary N) is 1. The van der Waals surface area contributed by atoms with Gasteiger partial charge in [0.15, 0.2) is 5.82 Å². The van der Waals surface area contributed by atoms with Gasteiger partial charge in [0.05, 0.1) is 5.54 Å². The molecular weight excluding hydrogens is 304 g/mol. The summed E-state index contributed by atoms with van der Waals surface area (Å²) in [6, 6.07) is 7.49. The van der Waals surface area contributed by atoms with Gasteiger partial charge in [-0.05, 0) is 31.9 Å². The maximum Gasteiger partial charge on any atom is 0.316 e. The van der Waals surface area contributed by atoms with Crippen LogP contribution in [0.5, 0.6) is 0 Å². The lowest BCUT2D eigenvalue weighted by Crippen LogP contribution is -2.34. The third-order valence-corrected chi connectivity index (χ3v) is 3.87. The smallest absolute Gasteiger partial charge is 0.316 e. The van der Waals surface area contributed by atoms with Crippen molar-refractivity contribution in [2.24, 2.45) is 5.73 Å². The zero-order valence-corrected chi connectivity index (χ0v) is 13.2. The van der Waals surface area contributed by atoms with Crippen molar-refractivity contribution >= 4 is 24.0 Å². The van der Waals surface area contributed by atoms with Crippen molar-refractivity contribution in [2.75, 3.05) is 5.32 Å². The number of aromatic nitrogens is 2. The molecule has 1 fully saturated rings. The fraction of sp³-hybridized carbons (Fsp3) is 0.400. The highest BCUT2D eigenvalue weighted by atomic mass is 35.5. The molecule has 0 saturated heterocycles. The summed E-state index contributed by atoms with van der Waals surface area (Å²) in [7, 11) is 0. The number of hydrogen-bond acceptors (Lipinski definition) is 5. The van der Waals surface area contributed by atoms with Crippen LogP contribution in [0.4, 0.5) is 5.69 Å². The molecule has 2 aromatic rings. The van der Waals surface area contributed by atoms with Crippen molar-refractivity contribution in [1.82, 2.24) is 10.1 Å². The highest BCUT2D eigenvalue weighted by molar-refractivity contribution is 6.00. The van der Waals surface area contributed by atoms with Gasteiger partial charge in [0.25, 0.3) is 0 Å². The van der Waals surface area contributed by atoms with E-state index in [9.17, 15) is 4.79 Å². The van der Waals surface area contributed by atoms with Crippen LogP contribution in [-0.4, -0.2) is 16.0 Å². The Labute approximate surface area is 134 Å². The van der Waals surface area contributed by atoms with E-state index >= 15 is 0 Å². The lowest BCUT2D eigenvalue weighted by atomic mass is 9.99. The van der Waals surface area contributed by atoms with Crippen LogP contribution in [0.1, 0.15) is 47.8 Å². The molecule has 1 heterocycles. The van der Waals surface area contributed by atoms with E-state index in [2.05, 4.69) is 15.5 Å². The summed E-state index contributed by atoms with van der Waals surface area (Å²) < 4.78 is 5.05. The molecule has 1 saturated carbocycles. The Balaban J connectivity index is 0.00000176. The Morgan fingerprint density at radius 2 is 1.91 bits per heavy atom. The van der Waals surface area contributed by atoms with E-state index in [0.717, 1.165) is 31.2 Å². The largest absolute Gasteiger partial charge is 0.328 e. The Kier molecular flexibility index (Phi) is 4.83. The fourth-order valence-corrected chi connectivity index (χ4v) is 2.57. The second-order valence-electron chi connectivity index (χ2n) is 5.61. The van der Waals surface area contributed by atoms with Crippen molar-refractivity contribution < 1.29 is 9.32 Å². The Bertz CT molecular complexity index is 648. The first-order valence-corrected chi connectivity index (χ1v) is 7.08. The molecule has 0 unspecified atom stereocenters. The molecule has 0 radical (unpaired) electrons. The van der Waals surface area contributed by atoms with Crippen molar-refractivity contribution in [2.45, 2.75) is 38.1 Å². The van der Waals surface area contributed by atoms with E-state index in [-0.39, 0.29) is 18.3 Å². The number of rotatable bonds is 3. The highest BCUT2D eigenvalue weighted by Crippen LogP contribution is 2.34. The molecule has 1 amide bonds. The molecule has 0 aliphatic heterocycles. The zero-order chi connectivity index (χ0) is 14.9. The summed E-state index contributed by atoms with van der Waals surface area (Å²) in [4.78, 5) is 16.2. The molecule has 22 heavy (non-hydrogen) atoms. The van der Waals surface area contributed by atoms with Gasteiger partial charge in [-0.2, -0.15) is 4.98 Å². The minimum absolute atomic E-state index is 0. The number of aryl methyl sites for hydroxylation is 1. The number of amides is 1. The van der Waals surface area contributed by atoms with Gasteiger partial charge in [-0.25, -0.2) is 0 Å². The van der Waals surface area contributed by atoms with E-state index in [1.807, 2.05) is 31.2 Å². The van der Waals surface area contributed by atoms with Crippen LogP contribution >= 0.6 is 12.4 Å². The number of anilines is 1. The van der Waals surface area contributed by atoms with E-state index in [0.29, 0.717) is 11.5 Å². The summed E-state index contributed by atoms with van der Waals surface area (Å²) in [5, 5.41) is 6.60. The van der Waals surface area contributed by atoms with Gasteiger partial charge in [-0.3, -0.25) is 4.79 Å². The number of carbonyl (C=O) groups excluding carboxylic acids is 1. The highest BCUT2D eigenvalue weighted by Gasteiger charge is 2.36. The van der Waals surface area contributed by atoms with E-state index < -0.39 is 11.4 Å². The normalized spacial score (nSPS) is 16.1. The first kappa shape index (κ1) is 16.5. The predicted octanol–water partition coefficient (Wildman–Crippen LogP) is 2.78. The number of carbonyl (C=O) groups is 1. The van der Waals surface area contributed by atoms with Crippen LogP contribution in [0.2, 0.25) is 0 Å². The number of nitrogens with zero attached hydrogens (tertiary/aromatic N) is 2. The third kappa shape index (κ3) is 3.28. The van der Waals surface area contributed by atoms with Crippen LogP contribution in [0.15, 0.2) is 28.8 Å². The number of halogens is 1. The zero-order valence-electron chi connectivity index (χ0n) is 12.3. The van der Waals surface area contributed by atoms with Gasteiger partial charge in [0.2, 0.25) is 0 Å². The minimum Gasteiger partial charge on any atom is -0.328 e. The summed E-state index contributed by atoms with van der Waals surface area (Å²) in [5.41, 5.74) is 7.51. The van der Waals surface area contributed by atoms with Gasteiger partial charge >= 0.3 is 11.8 Å². The monoisotopic (exact) mass is 322 g/mol. The minimum atomic E-state index is -0.550. The lowest BCUT2D eigenvalue weighted by molar-refractivity contribution is 0.0981. The Morgan fingerprint density at radius 1 is 1.27 bits per heavy atom. The third-order valence-electron chi connectivity index (χ3n) is 3.87. The van der Waals surface area contributed by atoms with E-state index in [1.54, 1.807) is 0 Å². The molecule has 1 aliphatic carbocycles. The standard InChI is InChI=1S/C15H18N4O2.ClH/c1-10-4-6-11(7-5-10)17-12(20)13-18-14(19-21-13)15(16)8-2-3-9-15;/h4-7H,2-3,8-9,16H2,1H3,(H,17,20);1H.